The van der Waals surface area contributed by atoms with E-state index < -0.39 is 0 Å². The van der Waals surface area contributed by atoms with Crippen LogP contribution in [0.1, 0.15) is 32.3 Å². The number of benzene rings is 1. The number of carbonyl (C=O) groups excluding carboxylic acids is 1. The zero-order valence-electron chi connectivity index (χ0n) is 11.4. The van der Waals surface area contributed by atoms with E-state index in [-0.39, 0.29) is 28.2 Å². The molecule has 0 aromatic heterocycles. The highest BCUT2D eigenvalue weighted by atomic mass is 16.3. The van der Waals surface area contributed by atoms with Crippen molar-refractivity contribution in [3.63, 3.8) is 0 Å². The monoisotopic (exact) mass is 257 g/mol. The van der Waals surface area contributed by atoms with Gasteiger partial charge in [0, 0.05) is 25.0 Å². The van der Waals surface area contributed by atoms with Crippen molar-refractivity contribution in [2.24, 2.45) is 5.41 Å². The van der Waals surface area contributed by atoms with E-state index in [1.54, 1.807) is 0 Å². The molecule has 0 fully saturated rings. The lowest BCUT2D eigenvalue weighted by molar-refractivity contribution is -0.117. The van der Waals surface area contributed by atoms with Gasteiger partial charge in [-0.25, -0.2) is 0 Å². The van der Waals surface area contributed by atoms with E-state index in [4.69, 9.17) is 5.41 Å². The van der Waals surface area contributed by atoms with Crippen LogP contribution in [0.5, 0.6) is 0 Å². The standard InChI is InChI=1S/C16H19NO2/c1-16(2)9-13(18)15(14(19)10-16)12(17)8-11-6-4-3-5-7-11/h3-7,17-18H,8-10H2,1-2H3. The lowest BCUT2D eigenvalue weighted by atomic mass is 9.75. The maximum Gasteiger partial charge on any atom is 0.168 e. The fraction of sp³-hybridized carbons (Fsp3) is 0.375. The van der Waals surface area contributed by atoms with Crippen LogP contribution >= 0.6 is 0 Å². The molecule has 0 saturated carbocycles. The van der Waals surface area contributed by atoms with E-state index in [9.17, 15) is 9.90 Å². The lowest BCUT2D eigenvalue weighted by Gasteiger charge is -2.29. The van der Waals surface area contributed by atoms with Gasteiger partial charge in [-0.2, -0.15) is 0 Å². The average molecular weight is 257 g/mol. The normalized spacial score (nSPS) is 18.5. The number of Topliss-reactive ketones (excluding diaryl/α,β-unsaturated/α-hetero) is 1. The molecule has 100 valence electrons. The Labute approximate surface area is 113 Å². The van der Waals surface area contributed by atoms with Gasteiger partial charge >= 0.3 is 0 Å². The number of aliphatic hydroxyl groups is 1. The Morgan fingerprint density at radius 2 is 1.89 bits per heavy atom. The second-order valence-electron chi connectivity index (χ2n) is 5.90. The van der Waals surface area contributed by atoms with Crippen molar-refractivity contribution in [2.45, 2.75) is 33.1 Å². The van der Waals surface area contributed by atoms with Crippen molar-refractivity contribution in [1.29, 1.82) is 5.41 Å². The number of hydrogen-bond acceptors (Lipinski definition) is 3. The Hall–Kier alpha value is -1.90. The molecule has 2 N–H and O–H groups in total. The quantitative estimate of drug-likeness (QED) is 0.815. The summed E-state index contributed by atoms with van der Waals surface area (Å²) in [6.07, 6.45) is 1.24. The topological polar surface area (TPSA) is 61.2 Å². The van der Waals surface area contributed by atoms with Gasteiger partial charge in [0.05, 0.1) is 5.57 Å². The predicted molar refractivity (Wildman–Crippen MR) is 75.5 cm³/mol. The van der Waals surface area contributed by atoms with Crippen LogP contribution in [0.3, 0.4) is 0 Å². The summed E-state index contributed by atoms with van der Waals surface area (Å²) < 4.78 is 0. The summed E-state index contributed by atoms with van der Waals surface area (Å²) in [5, 5.41) is 18.1. The highest BCUT2D eigenvalue weighted by Gasteiger charge is 2.34. The van der Waals surface area contributed by atoms with Gasteiger partial charge in [-0.3, -0.25) is 4.79 Å². The van der Waals surface area contributed by atoms with Gasteiger partial charge < -0.3 is 10.5 Å². The van der Waals surface area contributed by atoms with E-state index in [2.05, 4.69) is 0 Å². The van der Waals surface area contributed by atoms with E-state index in [0.29, 0.717) is 19.3 Å². The molecule has 19 heavy (non-hydrogen) atoms. The van der Waals surface area contributed by atoms with E-state index >= 15 is 0 Å². The highest BCUT2D eigenvalue weighted by molar-refractivity contribution is 6.22. The molecule has 0 atom stereocenters. The smallest absolute Gasteiger partial charge is 0.168 e. The molecule has 0 aliphatic heterocycles. The fourth-order valence-corrected chi connectivity index (χ4v) is 2.52. The van der Waals surface area contributed by atoms with Crippen LogP contribution < -0.4 is 0 Å². The molecule has 1 aliphatic rings. The predicted octanol–water partition coefficient (Wildman–Crippen LogP) is 3.45. The minimum Gasteiger partial charge on any atom is -0.511 e. The first-order valence-electron chi connectivity index (χ1n) is 6.46. The molecular formula is C16H19NO2. The molecule has 1 aliphatic carbocycles. The maximum absolute atomic E-state index is 12.1. The molecule has 0 unspecified atom stereocenters. The molecule has 0 heterocycles. The SMILES string of the molecule is CC1(C)CC(=O)C(C(=N)Cc2ccccc2)=C(O)C1. The van der Waals surface area contributed by atoms with Crippen molar-refractivity contribution in [2.75, 3.05) is 0 Å². The third kappa shape index (κ3) is 3.11. The Morgan fingerprint density at radius 1 is 1.26 bits per heavy atom. The number of carbonyl (C=O) groups is 1. The van der Waals surface area contributed by atoms with Crippen LogP contribution in [0.15, 0.2) is 41.7 Å². The molecule has 3 nitrogen and oxygen atoms in total. The second-order valence-corrected chi connectivity index (χ2v) is 5.90. The molecule has 1 aromatic carbocycles. The Bertz CT molecular complexity index is 541. The first-order valence-corrected chi connectivity index (χ1v) is 6.46. The number of rotatable bonds is 3. The van der Waals surface area contributed by atoms with Crippen molar-refractivity contribution in [1.82, 2.24) is 0 Å². The van der Waals surface area contributed by atoms with Crippen LogP contribution in [0.25, 0.3) is 0 Å². The molecule has 1 aromatic rings. The van der Waals surface area contributed by atoms with Crippen molar-refractivity contribution in [3.05, 3.63) is 47.2 Å². The van der Waals surface area contributed by atoms with Crippen LogP contribution in [-0.4, -0.2) is 16.6 Å². The summed E-state index contributed by atoms with van der Waals surface area (Å²) >= 11 is 0. The minimum atomic E-state index is -0.211. The zero-order chi connectivity index (χ0) is 14.0. The third-order valence-corrected chi connectivity index (χ3v) is 3.38. The Kier molecular flexibility index (Phi) is 3.56. The molecular weight excluding hydrogens is 238 g/mol. The van der Waals surface area contributed by atoms with Gasteiger partial charge in [0.1, 0.15) is 5.76 Å². The van der Waals surface area contributed by atoms with E-state index in [0.717, 1.165) is 5.56 Å². The van der Waals surface area contributed by atoms with Crippen molar-refractivity contribution in [3.8, 4) is 0 Å². The minimum absolute atomic E-state index is 0.0715. The maximum atomic E-state index is 12.1. The van der Waals surface area contributed by atoms with Crippen LogP contribution in [-0.2, 0) is 11.2 Å². The van der Waals surface area contributed by atoms with Gasteiger partial charge in [0.2, 0.25) is 0 Å². The molecule has 3 heteroatoms. The Morgan fingerprint density at radius 3 is 2.47 bits per heavy atom. The van der Waals surface area contributed by atoms with Crippen molar-refractivity contribution >= 4 is 11.5 Å². The van der Waals surface area contributed by atoms with Gasteiger partial charge in [0.15, 0.2) is 5.78 Å². The largest absolute Gasteiger partial charge is 0.511 e. The lowest BCUT2D eigenvalue weighted by Crippen LogP contribution is -2.29. The van der Waals surface area contributed by atoms with E-state index in [1.807, 2.05) is 44.2 Å². The van der Waals surface area contributed by atoms with Gasteiger partial charge in [0.25, 0.3) is 0 Å². The third-order valence-electron chi connectivity index (χ3n) is 3.38. The fourth-order valence-electron chi connectivity index (χ4n) is 2.52. The summed E-state index contributed by atoms with van der Waals surface area (Å²) in [5.41, 5.74) is 1.20. The highest BCUT2D eigenvalue weighted by Crippen LogP contribution is 2.36. The van der Waals surface area contributed by atoms with Gasteiger partial charge in [-0.1, -0.05) is 44.2 Å². The molecule has 0 spiro atoms. The summed E-state index contributed by atoms with van der Waals surface area (Å²) in [4.78, 5) is 12.1. The van der Waals surface area contributed by atoms with Crippen LogP contribution in [0.2, 0.25) is 0 Å². The molecule has 2 rings (SSSR count). The average Bonchev–Trinajstić information content (AvgIpc) is 2.27. The van der Waals surface area contributed by atoms with Crippen LogP contribution in [0.4, 0.5) is 0 Å². The summed E-state index contributed by atoms with van der Waals surface area (Å²) in [7, 11) is 0. The van der Waals surface area contributed by atoms with Gasteiger partial charge in [-0.05, 0) is 11.0 Å². The number of nitrogens with one attached hydrogen (secondary N) is 1. The molecule has 0 amide bonds. The first kappa shape index (κ1) is 13.5. The molecule has 0 bridgehead atoms. The summed E-state index contributed by atoms with van der Waals surface area (Å²) in [5.74, 6) is -0.0446. The number of allylic oxidation sites excluding steroid dienone is 2. The number of ketones is 1. The first-order chi connectivity index (χ1) is 8.89. The molecule has 0 radical (unpaired) electrons. The molecule has 0 saturated heterocycles. The van der Waals surface area contributed by atoms with Crippen molar-refractivity contribution < 1.29 is 9.90 Å². The van der Waals surface area contributed by atoms with Crippen LogP contribution in [0, 0.1) is 10.8 Å². The number of aliphatic hydroxyl groups excluding tert-OH is 1. The Balaban J connectivity index is 2.22. The van der Waals surface area contributed by atoms with E-state index in [1.165, 1.54) is 0 Å². The zero-order valence-corrected chi connectivity index (χ0v) is 11.4. The number of hydrogen-bond donors (Lipinski definition) is 2. The second kappa shape index (κ2) is 5.00. The summed E-state index contributed by atoms with van der Waals surface area (Å²) in [6, 6.07) is 9.57. The van der Waals surface area contributed by atoms with Gasteiger partial charge in [-0.15, -0.1) is 0 Å². The summed E-state index contributed by atoms with van der Waals surface area (Å²) in [6.45, 7) is 3.91.